The molecular formula is C7H4O5S2. The third kappa shape index (κ3) is 1.88. The third-order valence-electron chi connectivity index (χ3n) is 1.48. The standard InChI is InChI=1S/C7H4O5S2/c8-4-5-2-1-3-6(13(9)10)7(5)14(11)12/h1-4H. The van der Waals surface area contributed by atoms with Crippen LogP contribution in [-0.2, 0) is 25.4 Å². The molecule has 0 atom stereocenters. The summed E-state index contributed by atoms with van der Waals surface area (Å²) in [6, 6.07) is 0. The summed E-state index contributed by atoms with van der Waals surface area (Å²) in [6.07, 6.45) is 3.93. The Bertz CT molecular complexity index is 582. The topological polar surface area (TPSA) is 85.3 Å². The zero-order valence-electron chi connectivity index (χ0n) is 6.67. The highest BCUT2D eigenvalue weighted by Gasteiger charge is 2.17. The molecular weight excluding hydrogens is 228 g/mol. The van der Waals surface area contributed by atoms with E-state index in [-0.39, 0.29) is 5.57 Å². The fourth-order valence-electron chi connectivity index (χ4n) is 0.935. The summed E-state index contributed by atoms with van der Waals surface area (Å²) in [5, 5.41) is 0. The molecule has 7 heteroatoms. The molecule has 0 spiro atoms. The quantitative estimate of drug-likeness (QED) is 0.418. The van der Waals surface area contributed by atoms with Crippen LogP contribution < -0.4 is 0 Å². The van der Waals surface area contributed by atoms with Crippen LogP contribution in [0.25, 0.3) is 0 Å². The molecule has 1 aliphatic rings. The molecule has 0 saturated carbocycles. The predicted molar refractivity (Wildman–Crippen MR) is 51.1 cm³/mol. The van der Waals surface area contributed by atoms with E-state index in [0.29, 0.717) is 6.29 Å². The smallest absolute Gasteiger partial charge is 0.223 e. The lowest BCUT2D eigenvalue weighted by atomic mass is 10.1. The van der Waals surface area contributed by atoms with Gasteiger partial charge in [-0.2, -0.15) is 16.8 Å². The summed E-state index contributed by atoms with van der Waals surface area (Å²) in [5.74, 6) is 0. The van der Waals surface area contributed by atoms with Gasteiger partial charge in [-0.25, -0.2) is 0 Å². The van der Waals surface area contributed by atoms with Crippen molar-refractivity contribution in [2.45, 2.75) is 0 Å². The van der Waals surface area contributed by atoms with Gasteiger partial charge < -0.3 is 0 Å². The summed E-state index contributed by atoms with van der Waals surface area (Å²) >= 11 is 0. The fourth-order valence-corrected chi connectivity index (χ4v) is 2.34. The molecule has 0 fully saturated rings. The van der Waals surface area contributed by atoms with Gasteiger partial charge >= 0.3 is 0 Å². The average molecular weight is 232 g/mol. The first-order valence-electron chi connectivity index (χ1n) is 3.34. The van der Waals surface area contributed by atoms with E-state index in [1.165, 1.54) is 12.2 Å². The number of allylic oxidation sites excluding steroid dienone is 4. The van der Waals surface area contributed by atoms with Crippen molar-refractivity contribution < 1.29 is 21.6 Å². The van der Waals surface area contributed by atoms with Gasteiger partial charge in [0.05, 0.1) is 0 Å². The van der Waals surface area contributed by atoms with Crippen molar-refractivity contribution >= 4 is 36.6 Å². The Morgan fingerprint density at radius 1 is 1.07 bits per heavy atom. The van der Waals surface area contributed by atoms with Gasteiger partial charge in [-0.3, -0.25) is 4.79 Å². The molecule has 0 heterocycles. The van der Waals surface area contributed by atoms with E-state index in [2.05, 4.69) is 0 Å². The highest BCUT2D eigenvalue weighted by atomic mass is 32.2. The second-order valence-corrected chi connectivity index (χ2v) is 4.05. The van der Waals surface area contributed by atoms with Crippen LogP contribution in [-0.4, -0.2) is 32.9 Å². The molecule has 0 saturated heterocycles. The van der Waals surface area contributed by atoms with Crippen molar-refractivity contribution in [3.8, 4) is 0 Å². The van der Waals surface area contributed by atoms with Crippen LogP contribution in [0, 0.1) is 0 Å². The summed E-state index contributed by atoms with van der Waals surface area (Å²) in [6.45, 7) is 0. The van der Waals surface area contributed by atoms with Crippen molar-refractivity contribution in [3.05, 3.63) is 23.8 Å². The van der Waals surface area contributed by atoms with Crippen molar-refractivity contribution in [1.29, 1.82) is 0 Å². The maximum Gasteiger partial charge on any atom is 0.223 e. The summed E-state index contributed by atoms with van der Waals surface area (Å²) in [4.78, 5) is 9.54. The van der Waals surface area contributed by atoms with Crippen LogP contribution in [0.4, 0.5) is 0 Å². The number of aldehydes is 1. The van der Waals surface area contributed by atoms with Crippen LogP contribution in [0.15, 0.2) is 23.8 Å². The van der Waals surface area contributed by atoms with E-state index in [1.54, 1.807) is 0 Å². The third-order valence-corrected chi connectivity index (χ3v) is 3.10. The van der Waals surface area contributed by atoms with Crippen molar-refractivity contribution in [3.63, 3.8) is 0 Å². The van der Waals surface area contributed by atoms with Crippen LogP contribution >= 0.6 is 0 Å². The molecule has 14 heavy (non-hydrogen) atoms. The Labute approximate surface area is 82.4 Å². The highest BCUT2D eigenvalue weighted by Crippen LogP contribution is 2.03. The lowest BCUT2D eigenvalue weighted by molar-refractivity contribution is -0.104. The van der Waals surface area contributed by atoms with E-state index < -0.39 is 30.3 Å². The maximum absolute atomic E-state index is 10.7. The molecule has 0 aromatic carbocycles. The minimum atomic E-state index is -2.75. The highest BCUT2D eigenvalue weighted by molar-refractivity contribution is 7.83. The molecule has 74 valence electrons. The first-order valence-corrected chi connectivity index (χ1v) is 5.49. The number of hydrogen-bond donors (Lipinski definition) is 0. The van der Waals surface area contributed by atoms with Crippen LogP contribution in [0.5, 0.6) is 0 Å². The van der Waals surface area contributed by atoms with Crippen LogP contribution in [0.1, 0.15) is 0 Å². The second kappa shape index (κ2) is 4.16. The van der Waals surface area contributed by atoms with Gasteiger partial charge in [-0.05, 0) is 12.2 Å². The van der Waals surface area contributed by atoms with E-state index in [9.17, 15) is 21.6 Å². The molecule has 1 aliphatic carbocycles. The Kier molecular flexibility index (Phi) is 3.15. The number of carbonyl (C=O) groups is 1. The molecule has 0 amide bonds. The van der Waals surface area contributed by atoms with Gasteiger partial charge in [0, 0.05) is 5.57 Å². The zero-order valence-corrected chi connectivity index (χ0v) is 8.30. The van der Waals surface area contributed by atoms with E-state index in [1.807, 2.05) is 0 Å². The minimum Gasteiger partial charge on any atom is -0.298 e. The normalized spacial score (nSPS) is 15.0. The molecule has 0 aliphatic heterocycles. The molecule has 0 radical (unpaired) electrons. The number of rotatable bonds is 1. The molecule has 1 rings (SSSR count). The summed E-state index contributed by atoms with van der Waals surface area (Å²) in [7, 11) is -5.42. The van der Waals surface area contributed by atoms with Crippen molar-refractivity contribution in [1.82, 2.24) is 0 Å². The van der Waals surface area contributed by atoms with Gasteiger partial charge in [0.2, 0.25) is 20.6 Å². The Morgan fingerprint density at radius 3 is 2.14 bits per heavy atom. The second-order valence-electron chi connectivity index (χ2n) is 2.26. The van der Waals surface area contributed by atoms with Crippen LogP contribution in [0.3, 0.4) is 0 Å². The SMILES string of the molecule is O=CC1=CC=CC(=S(=O)=O)C1=S(=O)=O. The largest absolute Gasteiger partial charge is 0.298 e. The maximum atomic E-state index is 10.7. The Hall–Kier alpha value is -1.47. The molecule has 0 N–H and O–H groups in total. The molecule has 0 unspecified atom stereocenters. The average Bonchev–Trinajstić information content (AvgIpc) is 2.16. The molecule has 0 aromatic rings. The Morgan fingerprint density at radius 2 is 1.71 bits per heavy atom. The van der Waals surface area contributed by atoms with E-state index in [0.717, 1.165) is 6.08 Å². The monoisotopic (exact) mass is 232 g/mol. The number of hydrogen-bond acceptors (Lipinski definition) is 5. The van der Waals surface area contributed by atoms with E-state index in [4.69, 9.17) is 0 Å². The first-order chi connectivity index (χ1) is 6.57. The van der Waals surface area contributed by atoms with Gasteiger partial charge in [0.25, 0.3) is 0 Å². The lowest BCUT2D eigenvalue weighted by Crippen LogP contribution is -2.19. The molecule has 5 nitrogen and oxygen atoms in total. The van der Waals surface area contributed by atoms with Gasteiger partial charge in [-0.1, -0.05) is 6.08 Å². The number of carbonyl (C=O) groups excluding carboxylic acids is 1. The molecule has 0 aromatic heterocycles. The fraction of sp³-hybridized carbons (Fsp3) is 0. The predicted octanol–water partition coefficient (Wildman–Crippen LogP) is -1.22. The summed E-state index contributed by atoms with van der Waals surface area (Å²) in [5.41, 5.74) is -0.167. The van der Waals surface area contributed by atoms with Gasteiger partial charge in [-0.15, -0.1) is 0 Å². The molecule has 0 bridgehead atoms. The minimum absolute atomic E-state index is 0.167. The van der Waals surface area contributed by atoms with Crippen molar-refractivity contribution in [2.75, 3.05) is 0 Å². The first kappa shape index (κ1) is 10.6. The lowest BCUT2D eigenvalue weighted by Gasteiger charge is -2.01. The Balaban J connectivity index is 3.72. The van der Waals surface area contributed by atoms with Crippen molar-refractivity contribution in [2.24, 2.45) is 0 Å². The van der Waals surface area contributed by atoms with Gasteiger partial charge in [0.15, 0.2) is 6.29 Å². The van der Waals surface area contributed by atoms with Gasteiger partial charge in [0.1, 0.15) is 9.73 Å². The van der Waals surface area contributed by atoms with Crippen LogP contribution in [0.2, 0.25) is 0 Å². The summed E-state index contributed by atoms with van der Waals surface area (Å²) < 4.78 is 42.6. The van der Waals surface area contributed by atoms with E-state index >= 15 is 0 Å². The zero-order chi connectivity index (χ0) is 10.7.